The third kappa shape index (κ3) is 6.35. The number of hydrogen-bond acceptors (Lipinski definition) is 3. The Morgan fingerprint density at radius 3 is 2.38 bits per heavy atom. The summed E-state index contributed by atoms with van der Waals surface area (Å²) in [4.78, 5) is 39.5. The molecule has 2 atom stereocenters. The van der Waals surface area contributed by atoms with Gasteiger partial charge in [-0.05, 0) is 51.2 Å². The molecule has 0 aromatic heterocycles. The molecule has 7 nitrogen and oxygen atoms in total. The molecule has 29 heavy (non-hydrogen) atoms. The minimum Gasteiger partial charge on any atom is -0.352 e. The number of nitrogens with zero attached hydrogens (tertiary/aromatic N) is 1. The third-order valence-electron chi connectivity index (χ3n) is 5.31. The van der Waals surface area contributed by atoms with E-state index in [2.05, 4.69) is 16.0 Å². The summed E-state index contributed by atoms with van der Waals surface area (Å²) in [6.45, 7) is 7.48. The topological polar surface area (TPSA) is 90.5 Å². The van der Waals surface area contributed by atoms with E-state index >= 15 is 0 Å². The molecule has 0 radical (unpaired) electrons. The number of hydrogen-bond donors (Lipinski definition) is 3. The van der Waals surface area contributed by atoms with E-state index in [-0.39, 0.29) is 29.8 Å². The van der Waals surface area contributed by atoms with Crippen molar-refractivity contribution in [2.75, 3.05) is 19.6 Å². The molecule has 3 N–H and O–H groups in total. The number of carbonyl (C=O) groups is 3. The molecule has 0 unspecified atom stereocenters. The standard InChI is InChI=1S/C21H31ClN4O3/c1-4-14(3)24-20(28)18(25-19(27)16-8-6-7-9-17(16)22)15-10-12-26(13-11-15)21(29)23-5-2/h6-9,14-15,18H,4-5,10-13H2,1-3H3,(H,23,29)(H,24,28)(H,25,27)/t14-,18+/m0/s1. The second kappa shape index (κ2) is 11.0. The van der Waals surface area contributed by atoms with Gasteiger partial charge >= 0.3 is 6.03 Å². The van der Waals surface area contributed by atoms with Gasteiger partial charge in [0.2, 0.25) is 5.91 Å². The first-order valence-corrected chi connectivity index (χ1v) is 10.6. The van der Waals surface area contributed by atoms with Crippen molar-refractivity contribution in [3.63, 3.8) is 0 Å². The average Bonchev–Trinajstić information content (AvgIpc) is 2.72. The molecule has 1 aromatic carbocycles. The summed E-state index contributed by atoms with van der Waals surface area (Å²) in [5.41, 5.74) is 0.343. The molecule has 1 fully saturated rings. The van der Waals surface area contributed by atoms with Gasteiger partial charge in [0.15, 0.2) is 0 Å². The quantitative estimate of drug-likeness (QED) is 0.631. The van der Waals surface area contributed by atoms with Crippen molar-refractivity contribution in [3.05, 3.63) is 34.9 Å². The van der Waals surface area contributed by atoms with Gasteiger partial charge in [0.05, 0.1) is 10.6 Å². The number of rotatable bonds is 7. The van der Waals surface area contributed by atoms with E-state index in [1.807, 2.05) is 20.8 Å². The highest BCUT2D eigenvalue weighted by Gasteiger charge is 2.34. The predicted octanol–water partition coefficient (Wildman–Crippen LogP) is 2.79. The Kier molecular flexibility index (Phi) is 8.76. The van der Waals surface area contributed by atoms with Crippen LogP contribution >= 0.6 is 11.6 Å². The van der Waals surface area contributed by atoms with Gasteiger partial charge in [-0.2, -0.15) is 0 Å². The molecule has 4 amide bonds. The zero-order valence-electron chi connectivity index (χ0n) is 17.3. The van der Waals surface area contributed by atoms with E-state index in [9.17, 15) is 14.4 Å². The van der Waals surface area contributed by atoms with Crippen molar-refractivity contribution < 1.29 is 14.4 Å². The number of nitrogens with one attached hydrogen (secondary N) is 3. The van der Waals surface area contributed by atoms with Crippen LogP contribution in [0.15, 0.2) is 24.3 Å². The van der Waals surface area contributed by atoms with Crippen LogP contribution in [0.5, 0.6) is 0 Å². The normalized spacial score (nSPS) is 16.6. The number of carbonyl (C=O) groups excluding carboxylic acids is 3. The lowest BCUT2D eigenvalue weighted by atomic mass is 9.88. The molecule has 0 spiro atoms. The number of amides is 4. The number of urea groups is 1. The highest BCUT2D eigenvalue weighted by atomic mass is 35.5. The maximum Gasteiger partial charge on any atom is 0.317 e. The van der Waals surface area contributed by atoms with Gasteiger partial charge in [-0.15, -0.1) is 0 Å². The lowest BCUT2D eigenvalue weighted by Gasteiger charge is -2.36. The van der Waals surface area contributed by atoms with Crippen LogP contribution < -0.4 is 16.0 Å². The molecule has 8 heteroatoms. The van der Waals surface area contributed by atoms with Crippen LogP contribution in [0.2, 0.25) is 5.02 Å². The van der Waals surface area contributed by atoms with E-state index in [0.29, 0.717) is 43.1 Å². The summed E-state index contributed by atoms with van der Waals surface area (Å²) in [6.07, 6.45) is 2.07. The smallest absolute Gasteiger partial charge is 0.317 e. The van der Waals surface area contributed by atoms with Gasteiger partial charge in [0, 0.05) is 25.7 Å². The van der Waals surface area contributed by atoms with Crippen LogP contribution in [0.4, 0.5) is 4.79 Å². The fourth-order valence-corrected chi connectivity index (χ4v) is 3.62. The first kappa shape index (κ1) is 23.0. The average molecular weight is 423 g/mol. The van der Waals surface area contributed by atoms with E-state index < -0.39 is 6.04 Å². The zero-order chi connectivity index (χ0) is 21.4. The van der Waals surface area contributed by atoms with Crippen LogP contribution in [-0.4, -0.2) is 54.5 Å². The molecule has 1 saturated heterocycles. The summed E-state index contributed by atoms with van der Waals surface area (Å²) in [5, 5.41) is 9.00. The van der Waals surface area contributed by atoms with Crippen LogP contribution in [0.1, 0.15) is 50.4 Å². The lowest BCUT2D eigenvalue weighted by molar-refractivity contribution is -0.125. The fourth-order valence-electron chi connectivity index (χ4n) is 3.40. The van der Waals surface area contributed by atoms with Crippen molar-refractivity contribution in [2.45, 2.75) is 52.1 Å². The predicted molar refractivity (Wildman–Crippen MR) is 114 cm³/mol. The number of likely N-dealkylation sites (tertiary alicyclic amines) is 1. The summed E-state index contributed by atoms with van der Waals surface area (Å²) in [6, 6.07) is 6.02. The Bertz CT molecular complexity index is 720. The molecule has 0 bridgehead atoms. The molecule has 1 aliphatic heterocycles. The molecule has 160 valence electrons. The van der Waals surface area contributed by atoms with Crippen LogP contribution in [-0.2, 0) is 4.79 Å². The first-order chi connectivity index (χ1) is 13.9. The van der Waals surface area contributed by atoms with E-state index in [0.717, 1.165) is 6.42 Å². The highest BCUT2D eigenvalue weighted by molar-refractivity contribution is 6.33. The van der Waals surface area contributed by atoms with Crippen LogP contribution in [0.3, 0.4) is 0 Å². The second-order valence-corrected chi connectivity index (χ2v) is 7.82. The summed E-state index contributed by atoms with van der Waals surface area (Å²) >= 11 is 6.15. The summed E-state index contributed by atoms with van der Waals surface area (Å²) in [5.74, 6) is -0.626. The van der Waals surface area contributed by atoms with Gasteiger partial charge in [-0.25, -0.2) is 4.79 Å². The molecular weight excluding hydrogens is 392 g/mol. The molecule has 0 aliphatic carbocycles. The number of benzene rings is 1. The maximum absolute atomic E-state index is 12.9. The monoisotopic (exact) mass is 422 g/mol. The maximum atomic E-state index is 12.9. The first-order valence-electron chi connectivity index (χ1n) is 10.3. The Hall–Kier alpha value is -2.28. The Morgan fingerprint density at radius 1 is 1.14 bits per heavy atom. The van der Waals surface area contributed by atoms with Crippen molar-refractivity contribution in [3.8, 4) is 0 Å². The summed E-state index contributed by atoms with van der Waals surface area (Å²) in [7, 11) is 0. The Balaban J connectivity index is 2.11. The molecule has 1 heterocycles. The number of halogens is 1. The van der Waals surface area contributed by atoms with Crippen molar-refractivity contribution >= 4 is 29.4 Å². The van der Waals surface area contributed by atoms with E-state index in [1.165, 1.54) is 0 Å². The third-order valence-corrected chi connectivity index (χ3v) is 5.64. The fraction of sp³-hybridized carbons (Fsp3) is 0.571. The van der Waals surface area contributed by atoms with Crippen LogP contribution in [0, 0.1) is 5.92 Å². The Morgan fingerprint density at radius 2 is 1.79 bits per heavy atom. The largest absolute Gasteiger partial charge is 0.352 e. The molecule has 2 rings (SSSR count). The second-order valence-electron chi connectivity index (χ2n) is 7.41. The minimum absolute atomic E-state index is 0.0117. The van der Waals surface area contributed by atoms with Gasteiger partial charge in [-0.3, -0.25) is 9.59 Å². The van der Waals surface area contributed by atoms with Crippen molar-refractivity contribution in [1.29, 1.82) is 0 Å². The SMILES string of the molecule is CCNC(=O)N1CCC([C@@H](NC(=O)c2ccccc2Cl)C(=O)N[C@@H](C)CC)CC1. The van der Waals surface area contributed by atoms with Crippen molar-refractivity contribution in [1.82, 2.24) is 20.9 Å². The van der Waals surface area contributed by atoms with Gasteiger partial charge in [-0.1, -0.05) is 30.7 Å². The van der Waals surface area contributed by atoms with Crippen molar-refractivity contribution in [2.24, 2.45) is 5.92 Å². The zero-order valence-corrected chi connectivity index (χ0v) is 18.1. The number of piperidine rings is 1. The van der Waals surface area contributed by atoms with Gasteiger partial charge < -0.3 is 20.9 Å². The van der Waals surface area contributed by atoms with Crippen LogP contribution in [0.25, 0.3) is 0 Å². The highest BCUT2D eigenvalue weighted by Crippen LogP contribution is 2.23. The lowest BCUT2D eigenvalue weighted by Crippen LogP contribution is -2.55. The molecule has 1 aliphatic rings. The van der Waals surface area contributed by atoms with E-state index in [1.54, 1.807) is 29.2 Å². The van der Waals surface area contributed by atoms with Gasteiger partial charge in [0.25, 0.3) is 5.91 Å². The minimum atomic E-state index is -0.677. The summed E-state index contributed by atoms with van der Waals surface area (Å²) < 4.78 is 0. The van der Waals surface area contributed by atoms with E-state index in [4.69, 9.17) is 11.6 Å². The van der Waals surface area contributed by atoms with Gasteiger partial charge in [0.1, 0.15) is 6.04 Å². The Labute approximate surface area is 177 Å². The molecular formula is C21H31ClN4O3. The molecule has 0 saturated carbocycles. The molecule has 1 aromatic rings.